The number of aliphatic hydroxyl groups is 1. The summed E-state index contributed by atoms with van der Waals surface area (Å²) in [5, 5.41) is 9.76. The number of hydrogen-bond acceptors (Lipinski definition) is 3. The lowest BCUT2D eigenvalue weighted by Gasteiger charge is -2.36. The predicted octanol–water partition coefficient (Wildman–Crippen LogP) is 1.42. The van der Waals surface area contributed by atoms with Gasteiger partial charge in [0.05, 0.1) is 6.10 Å². The van der Waals surface area contributed by atoms with E-state index in [-0.39, 0.29) is 6.10 Å². The van der Waals surface area contributed by atoms with E-state index in [1.807, 2.05) is 0 Å². The first-order valence-corrected chi connectivity index (χ1v) is 6.74. The molecule has 1 aliphatic rings. The molecule has 1 unspecified atom stereocenters. The van der Waals surface area contributed by atoms with Gasteiger partial charge in [-0.25, -0.2) is 0 Å². The summed E-state index contributed by atoms with van der Waals surface area (Å²) < 4.78 is 0. The van der Waals surface area contributed by atoms with Gasteiger partial charge in [-0.2, -0.15) is 0 Å². The Labute approximate surface area is 100 Å². The largest absolute Gasteiger partial charge is 0.392 e. The Morgan fingerprint density at radius 1 is 1.00 bits per heavy atom. The van der Waals surface area contributed by atoms with Crippen molar-refractivity contribution in [2.75, 3.05) is 39.3 Å². The summed E-state index contributed by atoms with van der Waals surface area (Å²) in [4.78, 5) is 4.94. The van der Waals surface area contributed by atoms with Gasteiger partial charge in [-0.15, -0.1) is 0 Å². The molecule has 0 spiro atoms. The van der Waals surface area contributed by atoms with Crippen LogP contribution in [0.25, 0.3) is 0 Å². The van der Waals surface area contributed by atoms with Gasteiger partial charge in [0.25, 0.3) is 0 Å². The lowest BCUT2D eigenvalue weighted by atomic mass is 10.1. The van der Waals surface area contributed by atoms with Crippen LogP contribution in [0, 0.1) is 5.92 Å². The van der Waals surface area contributed by atoms with E-state index >= 15 is 0 Å². The molecule has 0 bridgehead atoms. The monoisotopic (exact) mass is 228 g/mol. The highest BCUT2D eigenvalue weighted by Crippen LogP contribution is 2.07. The topological polar surface area (TPSA) is 26.7 Å². The van der Waals surface area contributed by atoms with Crippen LogP contribution in [-0.2, 0) is 0 Å². The molecule has 0 amide bonds. The van der Waals surface area contributed by atoms with Crippen molar-refractivity contribution in [2.45, 2.75) is 39.7 Å². The zero-order chi connectivity index (χ0) is 12.0. The molecule has 1 rings (SSSR count). The fraction of sp³-hybridized carbons (Fsp3) is 1.00. The molecule has 0 aromatic carbocycles. The summed E-state index contributed by atoms with van der Waals surface area (Å²) in [6.45, 7) is 13.3. The van der Waals surface area contributed by atoms with Crippen LogP contribution in [0.1, 0.15) is 33.6 Å². The number of piperazine rings is 1. The Hall–Kier alpha value is -0.120. The van der Waals surface area contributed by atoms with E-state index < -0.39 is 0 Å². The molecule has 0 radical (unpaired) electrons. The molecule has 0 aromatic rings. The van der Waals surface area contributed by atoms with E-state index in [9.17, 15) is 5.11 Å². The standard InChI is InChI=1S/C13H28N2O/c1-4-5-13(16)11-15-8-6-14(7-9-15)10-12(2)3/h12-13,16H,4-11H2,1-3H3. The van der Waals surface area contributed by atoms with E-state index in [4.69, 9.17) is 0 Å². The molecule has 0 aromatic heterocycles. The molecule has 0 aliphatic carbocycles. The molecule has 96 valence electrons. The number of aliphatic hydroxyl groups excluding tert-OH is 1. The number of β-amino-alcohol motifs (C(OH)–C–C–N with tert-alkyl or cyclic N) is 1. The Morgan fingerprint density at radius 3 is 1.94 bits per heavy atom. The molecular weight excluding hydrogens is 200 g/mol. The van der Waals surface area contributed by atoms with Crippen molar-refractivity contribution in [1.29, 1.82) is 0 Å². The third-order valence-electron chi connectivity index (χ3n) is 3.18. The Kier molecular flexibility index (Phi) is 6.32. The second kappa shape index (κ2) is 7.25. The van der Waals surface area contributed by atoms with Crippen molar-refractivity contribution in [3.05, 3.63) is 0 Å². The first-order valence-electron chi connectivity index (χ1n) is 6.74. The zero-order valence-electron chi connectivity index (χ0n) is 11.2. The third kappa shape index (κ3) is 5.28. The average Bonchev–Trinajstić information content (AvgIpc) is 2.20. The lowest BCUT2D eigenvalue weighted by molar-refractivity contribution is 0.0649. The maximum Gasteiger partial charge on any atom is 0.0667 e. The summed E-state index contributed by atoms with van der Waals surface area (Å²) in [5.74, 6) is 0.761. The van der Waals surface area contributed by atoms with Gasteiger partial charge >= 0.3 is 0 Å². The second-order valence-electron chi connectivity index (χ2n) is 5.44. The van der Waals surface area contributed by atoms with Gasteiger partial charge in [0, 0.05) is 39.3 Å². The highest BCUT2D eigenvalue weighted by molar-refractivity contribution is 4.74. The third-order valence-corrected chi connectivity index (χ3v) is 3.18. The number of hydrogen-bond donors (Lipinski definition) is 1. The first kappa shape index (κ1) is 13.9. The van der Waals surface area contributed by atoms with Crippen molar-refractivity contribution in [2.24, 2.45) is 5.92 Å². The summed E-state index contributed by atoms with van der Waals surface area (Å²) >= 11 is 0. The van der Waals surface area contributed by atoms with Crippen molar-refractivity contribution in [3.63, 3.8) is 0 Å². The Balaban J connectivity index is 2.16. The highest BCUT2D eigenvalue weighted by Gasteiger charge is 2.18. The van der Waals surface area contributed by atoms with Crippen LogP contribution in [-0.4, -0.2) is 60.3 Å². The molecule has 1 heterocycles. The fourth-order valence-corrected chi connectivity index (χ4v) is 2.39. The SMILES string of the molecule is CCCC(O)CN1CCN(CC(C)C)CC1. The summed E-state index contributed by atoms with van der Waals surface area (Å²) in [6, 6.07) is 0. The highest BCUT2D eigenvalue weighted by atomic mass is 16.3. The maximum atomic E-state index is 9.76. The van der Waals surface area contributed by atoms with Gasteiger partial charge in [0.2, 0.25) is 0 Å². The van der Waals surface area contributed by atoms with Crippen LogP contribution in [0.3, 0.4) is 0 Å². The van der Waals surface area contributed by atoms with Crippen molar-refractivity contribution >= 4 is 0 Å². The van der Waals surface area contributed by atoms with Gasteiger partial charge in [-0.05, 0) is 12.3 Å². The maximum absolute atomic E-state index is 9.76. The van der Waals surface area contributed by atoms with Crippen LogP contribution < -0.4 is 0 Å². The van der Waals surface area contributed by atoms with E-state index in [1.165, 1.54) is 6.54 Å². The number of nitrogens with zero attached hydrogens (tertiary/aromatic N) is 2. The molecule has 1 saturated heterocycles. The normalized spacial score (nSPS) is 21.6. The summed E-state index contributed by atoms with van der Waals surface area (Å²) in [7, 11) is 0. The van der Waals surface area contributed by atoms with Crippen LogP contribution >= 0.6 is 0 Å². The molecular formula is C13H28N2O. The fourth-order valence-electron chi connectivity index (χ4n) is 2.39. The van der Waals surface area contributed by atoms with Gasteiger partial charge in [-0.1, -0.05) is 27.2 Å². The smallest absolute Gasteiger partial charge is 0.0667 e. The van der Waals surface area contributed by atoms with Crippen LogP contribution in [0.15, 0.2) is 0 Å². The number of rotatable bonds is 6. The molecule has 16 heavy (non-hydrogen) atoms. The van der Waals surface area contributed by atoms with E-state index in [0.717, 1.165) is 51.5 Å². The minimum absolute atomic E-state index is 0.123. The van der Waals surface area contributed by atoms with Crippen LogP contribution in [0.2, 0.25) is 0 Å². The van der Waals surface area contributed by atoms with Gasteiger partial charge in [0.1, 0.15) is 0 Å². The molecule has 0 saturated carbocycles. The van der Waals surface area contributed by atoms with Crippen LogP contribution in [0.4, 0.5) is 0 Å². The molecule has 1 aliphatic heterocycles. The molecule has 1 atom stereocenters. The summed E-state index contributed by atoms with van der Waals surface area (Å²) in [6.07, 6.45) is 1.89. The Morgan fingerprint density at radius 2 is 1.50 bits per heavy atom. The van der Waals surface area contributed by atoms with Crippen LogP contribution in [0.5, 0.6) is 0 Å². The summed E-state index contributed by atoms with van der Waals surface area (Å²) in [5.41, 5.74) is 0. The molecule has 1 N–H and O–H groups in total. The van der Waals surface area contributed by atoms with Gasteiger partial charge in [-0.3, -0.25) is 4.90 Å². The molecule has 3 heteroatoms. The van der Waals surface area contributed by atoms with Gasteiger partial charge < -0.3 is 10.0 Å². The second-order valence-corrected chi connectivity index (χ2v) is 5.44. The predicted molar refractivity (Wildman–Crippen MR) is 68.6 cm³/mol. The molecule has 3 nitrogen and oxygen atoms in total. The van der Waals surface area contributed by atoms with Gasteiger partial charge in [0.15, 0.2) is 0 Å². The average molecular weight is 228 g/mol. The van der Waals surface area contributed by atoms with E-state index in [1.54, 1.807) is 0 Å². The van der Waals surface area contributed by atoms with E-state index in [0.29, 0.717) is 0 Å². The van der Waals surface area contributed by atoms with Crippen molar-refractivity contribution in [1.82, 2.24) is 9.80 Å². The zero-order valence-corrected chi connectivity index (χ0v) is 11.2. The first-order chi connectivity index (χ1) is 7.61. The Bertz CT molecular complexity index is 177. The minimum atomic E-state index is -0.123. The van der Waals surface area contributed by atoms with E-state index in [2.05, 4.69) is 30.6 Å². The van der Waals surface area contributed by atoms with Crippen molar-refractivity contribution < 1.29 is 5.11 Å². The van der Waals surface area contributed by atoms with Crippen molar-refractivity contribution in [3.8, 4) is 0 Å². The molecule has 1 fully saturated rings. The lowest BCUT2D eigenvalue weighted by Crippen LogP contribution is -2.49. The minimum Gasteiger partial charge on any atom is -0.392 e. The quantitative estimate of drug-likeness (QED) is 0.745.